The highest BCUT2D eigenvalue weighted by atomic mass is 16.3. The Labute approximate surface area is 100 Å². The summed E-state index contributed by atoms with van der Waals surface area (Å²) >= 11 is 0. The van der Waals surface area contributed by atoms with Crippen LogP contribution in [0.2, 0.25) is 0 Å². The standard InChI is InChI=1S/C14H28O2/c1-3-5-6-7-8-9-10-12-14(16)13(15)11-4-2/h14,16H,3-12H2,1-2H3. The van der Waals surface area contributed by atoms with Crippen molar-refractivity contribution in [2.24, 2.45) is 0 Å². The molecule has 0 rings (SSSR count). The Kier molecular flexibility index (Phi) is 10.9. The topological polar surface area (TPSA) is 37.3 Å². The van der Waals surface area contributed by atoms with Gasteiger partial charge in [-0.05, 0) is 12.8 Å². The van der Waals surface area contributed by atoms with Crippen LogP contribution >= 0.6 is 0 Å². The van der Waals surface area contributed by atoms with Gasteiger partial charge in [0.15, 0.2) is 5.78 Å². The lowest BCUT2D eigenvalue weighted by molar-refractivity contribution is -0.127. The van der Waals surface area contributed by atoms with Crippen LogP contribution in [0.5, 0.6) is 0 Å². The molecule has 16 heavy (non-hydrogen) atoms. The van der Waals surface area contributed by atoms with Gasteiger partial charge in [0.05, 0.1) is 0 Å². The fraction of sp³-hybridized carbons (Fsp3) is 0.929. The van der Waals surface area contributed by atoms with E-state index >= 15 is 0 Å². The minimum absolute atomic E-state index is 0.0217. The van der Waals surface area contributed by atoms with Crippen molar-refractivity contribution in [3.8, 4) is 0 Å². The molecule has 1 unspecified atom stereocenters. The number of Topliss-reactive ketones (excluding diaryl/α,β-unsaturated/α-hetero) is 1. The van der Waals surface area contributed by atoms with Gasteiger partial charge in [0.1, 0.15) is 6.10 Å². The van der Waals surface area contributed by atoms with Gasteiger partial charge in [-0.25, -0.2) is 0 Å². The molecule has 0 saturated carbocycles. The van der Waals surface area contributed by atoms with E-state index in [9.17, 15) is 9.90 Å². The zero-order chi connectivity index (χ0) is 12.2. The summed E-state index contributed by atoms with van der Waals surface area (Å²) in [4.78, 5) is 11.3. The predicted octanol–water partition coefficient (Wildman–Crippen LogP) is 3.86. The average molecular weight is 228 g/mol. The van der Waals surface area contributed by atoms with Gasteiger partial charge in [0, 0.05) is 6.42 Å². The predicted molar refractivity (Wildman–Crippen MR) is 68.5 cm³/mol. The van der Waals surface area contributed by atoms with Crippen molar-refractivity contribution in [2.75, 3.05) is 0 Å². The Bertz CT molecular complexity index is 166. The highest BCUT2D eigenvalue weighted by Crippen LogP contribution is 2.11. The van der Waals surface area contributed by atoms with Gasteiger partial charge >= 0.3 is 0 Å². The number of aliphatic hydroxyl groups is 1. The summed E-state index contributed by atoms with van der Waals surface area (Å²) < 4.78 is 0. The molecule has 0 bridgehead atoms. The molecular weight excluding hydrogens is 200 g/mol. The van der Waals surface area contributed by atoms with E-state index in [1.54, 1.807) is 0 Å². The Morgan fingerprint density at radius 2 is 1.50 bits per heavy atom. The van der Waals surface area contributed by atoms with Crippen molar-refractivity contribution in [3.05, 3.63) is 0 Å². The van der Waals surface area contributed by atoms with E-state index < -0.39 is 6.10 Å². The van der Waals surface area contributed by atoms with Crippen LogP contribution in [0.25, 0.3) is 0 Å². The Morgan fingerprint density at radius 1 is 0.938 bits per heavy atom. The normalized spacial score (nSPS) is 12.7. The number of unbranched alkanes of at least 4 members (excludes halogenated alkanes) is 6. The van der Waals surface area contributed by atoms with Crippen molar-refractivity contribution >= 4 is 5.78 Å². The number of hydrogen-bond donors (Lipinski definition) is 1. The summed E-state index contributed by atoms with van der Waals surface area (Å²) in [6, 6.07) is 0. The number of carbonyl (C=O) groups excluding carboxylic acids is 1. The Hall–Kier alpha value is -0.370. The first-order chi connectivity index (χ1) is 7.72. The van der Waals surface area contributed by atoms with E-state index in [2.05, 4.69) is 6.92 Å². The second-order valence-corrected chi connectivity index (χ2v) is 4.64. The van der Waals surface area contributed by atoms with E-state index in [1.807, 2.05) is 6.92 Å². The third-order valence-corrected chi connectivity index (χ3v) is 2.95. The molecule has 1 atom stereocenters. The first-order valence-electron chi connectivity index (χ1n) is 6.93. The zero-order valence-electron chi connectivity index (χ0n) is 11.0. The minimum Gasteiger partial charge on any atom is -0.385 e. The van der Waals surface area contributed by atoms with E-state index in [-0.39, 0.29) is 5.78 Å². The molecule has 0 aromatic carbocycles. The molecule has 96 valence electrons. The van der Waals surface area contributed by atoms with Crippen molar-refractivity contribution in [3.63, 3.8) is 0 Å². The van der Waals surface area contributed by atoms with Gasteiger partial charge in [-0.3, -0.25) is 4.79 Å². The van der Waals surface area contributed by atoms with E-state index in [0.29, 0.717) is 12.8 Å². The Morgan fingerprint density at radius 3 is 2.06 bits per heavy atom. The first-order valence-corrected chi connectivity index (χ1v) is 6.93. The van der Waals surface area contributed by atoms with E-state index in [4.69, 9.17) is 0 Å². The minimum atomic E-state index is -0.699. The second-order valence-electron chi connectivity index (χ2n) is 4.64. The molecule has 0 aromatic heterocycles. The van der Waals surface area contributed by atoms with Crippen molar-refractivity contribution in [1.82, 2.24) is 0 Å². The number of hydrogen-bond acceptors (Lipinski definition) is 2. The summed E-state index contributed by atoms with van der Waals surface area (Å²) in [6.07, 6.45) is 9.95. The molecule has 0 aliphatic rings. The van der Waals surface area contributed by atoms with Crippen LogP contribution < -0.4 is 0 Å². The molecule has 0 aliphatic heterocycles. The highest BCUT2D eigenvalue weighted by Gasteiger charge is 2.12. The molecule has 2 nitrogen and oxygen atoms in total. The van der Waals surface area contributed by atoms with Crippen LogP contribution in [0.4, 0.5) is 0 Å². The molecule has 1 N–H and O–H groups in total. The van der Waals surface area contributed by atoms with Gasteiger partial charge in [0.25, 0.3) is 0 Å². The summed E-state index contributed by atoms with van der Waals surface area (Å²) in [6.45, 7) is 4.19. The zero-order valence-corrected chi connectivity index (χ0v) is 11.0. The van der Waals surface area contributed by atoms with Gasteiger partial charge < -0.3 is 5.11 Å². The number of ketones is 1. The van der Waals surface area contributed by atoms with Gasteiger partial charge in [-0.15, -0.1) is 0 Å². The van der Waals surface area contributed by atoms with Crippen LogP contribution in [0.3, 0.4) is 0 Å². The number of aliphatic hydroxyl groups excluding tert-OH is 1. The summed E-state index contributed by atoms with van der Waals surface area (Å²) in [5.41, 5.74) is 0. The van der Waals surface area contributed by atoms with Gasteiger partial charge in [0.2, 0.25) is 0 Å². The maximum Gasteiger partial charge on any atom is 0.161 e. The lowest BCUT2D eigenvalue weighted by Gasteiger charge is -2.08. The van der Waals surface area contributed by atoms with Crippen LogP contribution in [0.1, 0.15) is 78.1 Å². The van der Waals surface area contributed by atoms with Crippen molar-refractivity contribution in [1.29, 1.82) is 0 Å². The monoisotopic (exact) mass is 228 g/mol. The van der Waals surface area contributed by atoms with Crippen LogP contribution in [-0.4, -0.2) is 17.0 Å². The molecule has 0 amide bonds. The third-order valence-electron chi connectivity index (χ3n) is 2.95. The smallest absolute Gasteiger partial charge is 0.161 e. The summed E-state index contributed by atoms with van der Waals surface area (Å²) in [5.74, 6) is 0.0217. The van der Waals surface area contributed by atoms with Crippen LogP contribution in [-0.2, 0) is 4.79 Å². The summed E-state index contributed by atoms with van der Waals surface area (Å²) in [7, 11) is 0. The van der Waals surface area contributed by atoms with Crippen molar-refractivity contribution < 1.29 is 9.90 Å². The quantitative estimate of drug-likeness (QED) is 0.545. The van der Waals surface area contributed by atoms with E-state index in [0.717, 1.165) is 19.3 Å². The maximum atomic E-state index is 11.3. The second kappa shape index (κ2) is 11.1. The lowest BCUT2D eigenvalue weighted by atomic mass is 10.0. The maximum absolute atomic E-state index is 11.3. The molecule has 0 aliphatic carbocycles. The third kappa shape index (κ3) is 8.90. The molecule has 0 radical (unpaired) electrons. The van der Waals surface area contributed by atoms with Crippen LogP contribution in [0.15, 0.2) is 0 Å². The fourth-order valence-corrected chi connectivity index (χ4v) is 1.87. The number of carbonyl (C=O) groups is 1. The molecule has 0 heterocycles. The molecule has 2 heteroatoms. The largest absolute Gasteiger partial charge is 0.385 e. The number of rotatable bonds is 11. The SMILES string of the molecule is CCCCCCCCCC(O)C(=O)CCC. The molecule has 0 fully saturated rings. The molecule has 0 aromatic rings. The molecular formula is C14H28O2. The molecule has 0 saturated heterocycles. The van der Waals surface area contributed by atoms with Crippen molar-refractivity contribution in [2.45, 2.75) is 84.2 Å². The molecule has 0 spiro atoms. The average Bonchev–Trinajstić information content (AvgIpc) is 2.28. The highest BCUT2D eigenvalue weighted by molar-refractivity contribution is 5.82. The lowest BCUT2D eigenvalue weighted by Crippen LogP contribution is -2.19. The summed E-state index contributed by atoms with van der Waals surface area (Å²) in [5, 5.41) is 9.54. The fourth-order valence-electron chi connectivity index (χ4n) is 1.87. The Balaban J connectivity index is 3.27. The van der Waals surface area contributed by atoms with Crippen LogP contribution in [0, 0.1) is 0 Å². The van der Waals surface area contributed by atoms with E-state index in [1.165, 1.54) is 32.1 Å². The van der Waals surface area contributed by atoms with Gasteiger partial charge in [-0.2, -0.15) is 0 Å². The first kappa shape index (κ1) is 15.6. The van der Waals surface area contributed by atoms with Gasteiger partial charge in [-0.1, -0.05) is 58.8 Å².